The summed E-state index contributed by atoms with van der Waals surface area (Å²) >= 11 is 0. The highest BCUT2D eigenvalue weighted by atomic mass is 14.8. The molecule has 0 aliphatic carbocycles. The van der Waals surface area contributed by atoms with Crippen LogP contribution in [0.15, 0.2) is 48.9 Å². The van der Waals surface area contributed by atoms with Crippen LogP contribution in [0, 0.1) is 6.20 Å². The lowest BCUT2D eigenvalue weighted by Crippen LogP contribution is -1.86. The molecule has 0 aliphatic rings. The predicted octanol–water partition coefficient (Wildman–Crippen LogP) is 2.49. The summed E-state index contributed by atoms with van der Waals surface area (Å²) in [6.07, 6.45) is 7.72. The molecule has 0 aliphatic heterocycles. The fraction of sp³-hybridized carbons (Fsp3) is 0. The highest BCUT2D eigenvalue weighted by Gasteiger charge is 2.00. The van der Waals surface area contributed by atoms with Crippen LogP contribution in [0.25, 0.3) is 22.2 Å². The van der Waals surface area contributed by atoms with E-state index in [-0.39, 0.29) is 0 Å². The van der Waals surface area contributed by atoms with Crippen molar-refractivity contribution in [3.05, 3.63) is 55.1 Å². The molecular formula is C13H8N3. The Hall–Kier alpha value is -2.29. The molecule has 2 heterocycles. The summed E-state index contributed by atoms with van der Waals surface area (Å²) in [5.74, 6) is 0. The van der Waals surface area contributed by atoms with E-state index in [1.54, 1.807) is 12.4 Å². The first-order valence-corrected chi connectivity index (χ1v) is 4.97. The lowest BCUT2D eigenvalue weighted by molar-refractivity contribution is 1.19. The monoisotopic (exact) mass is 206 g/mol. The van der Waals surface area contributed by atoms with Gasteiger partial charge in [0.05, 0.1) is 23.6 Å². The molecule has 3 rings (SSSR count). The Kier molecular flexibility index (Phi) is 2.07. The van der Waals surface area contributed by atoms with Crippen LogP contribution >= 0.6 is 0 Å². The first-order chi connectivity index (χ1) is 7.93. The van der Waals surface area contributed by atoms with Crippen LogP contribution in [-0.4, -0.2) is 15.0 Å². The van der Waals surface area contributed by atoms with E-state index in [0.717, 1.165) is 22.2 Å². The fourth-order valence-electron chi connectivity index (χ4n) is 1.62. The predicted molar refractivity (Wildman–Crippen MR) is 61.6 cm³/mol. The number of benzene rings is 1. The standard InChI is InChI=1S/C13H8N3/c1-2-4-12-10(3-1)7-11(8-16-12)13-9-14-5-6-15-13/h1-4,6-9H. The van der Waals surface area contributed by atoms with Crippen LogP contribution in [0.4, 0.5) is 0 Å². The average Bonchev–Trinajstić information content (AvgIpc) is 2.39. The van der Waals surface area contributed by atoms with Gasteiger partial charge in [-0.25, -0.2) is 0 Å². The van der Waals surface area contributed by atoms with Crippen molar-refractivity contribution in [3.63, 3.8) is 0 Å². The Bertz CT molecular complexity index is 620. The number of pyridine rings is 1. The zero-order valence-electron chi connectivity index (χ0n) is 8.46. The van der Waals surface area contributed by atoms with Gasteiger partial charge in [-0.15, -0.1) is 0 Å². The third kappa shape index (κ3) is 1.52. The van der Waals surface area contributed by atoms with Crippen LogP contribution in [-0.2, 0) is 0 Å². The van der Waals surface area contributed by atoms with Crippen molar-refractivity contribution in [1.29, 1.82) is 0 Å². The number of nitrogens with zero attached hydrogens (tertiary/aromatic N) is 3. The van der Waals surface area contributed by atoms with Crippen LogP contribution in [0.3, 0.4) is 0 Å². The zero-order chi connectivity index (χ0) is 10.8. The molecule has 16 heavy (non-hydrogen) atoms. The van der Waals surface area contributed by atoms with Gasteiger partial charge in [0, 0.05) is 17.1 Å². The average molecular weight is 206 g/mol. The Labute approximate surface area is 92.8 Å². The van der Waals surface area contributed by atoms with Gasteiger partial charge in [0.1, 0.15) is 6.20 Å². The quantitative estimate of drug-likeness (QED) is 0.614. The molecule has 3 nitrogen and oxygen atoms in total. The van der Waals surface area contributed by atoms with Gasteiger partial charge in [-0.2, -0.15) is 0 Å². The fourth-order valence-corrected chi connectivity index (χ4v) is 1.62. The third-order valence-corrected chi connectivity index (χ3v) is 2.41. The van der Waals surface area contributed by atoms with Crippen LogP contribution in [0.1, 0.15) is 0 Å². The van der Waals surface area contributed by atoms with Gasteiger partial charge < -0.3 is 0 Å². The van der Waals surface area contributed by atoms with E-state index in [1.165, 1.54) is 0 Å². The minimum atomic E-state index is 0.817. The highest BCUT2D eigenvalue weighted by molar-refractivity contribution is 5.82. The number of aromatic nitrogens is 3. The maximum Gasteiger partial charge on any atom is 0.109 e. The van der Waals surface area contributed by atoms with E-state index in [9.17, 15) is 0 Å². The molecule has 3 aromatic rings. The van der Waals surface area contributed by atoms with E-state index < -0.39 is 0 Å². The molecule has 0 bridgehead atoms. The molecule has 0 fully saturated rings. The molecule has 1 radical (unpaired) electrons. The molecule has 0 atom stereocenters. The molecule has 0 spiro atoms. The summed E-state index contributed by atoms with van der Waals surface area (Å²) in [6.45, 7) is 0. The smallest absolute Gasteiger partial charge is 0.109 e. The van der Waals surface area contributed by atoms with Crippen molar-refractivity contribution in [3.8, 4) is 11.3 Å². The number of para-hydroxylation sites is 1. The van der Waals surface area contributed by atoms with Gasteiger partial charge in [0.2, 0.25) is 0 Å². The van der Waals surface area contributed by atoms with Crippen molar-refractivity contribution in [1.82, 2.24) is 15.0 Å². The Morgan fingerprint density at radius 3 is 2.81 bits per heavy atom. The maximum absolute atomic E-state index is 4.38. The number of fused-ring (bicyclic) bond motifs is 1. The number of rotatable bonds is 1. The van der Waals surface area contributed by atoms with E-state index in [1.807, 2.05) is 30.5 Å². The molecule has 1 aromatic carbocycles. The van der Waals surface area contributed by atoms with E-state index in [2.05, 4.69) is 27.2 Å². The molecule has 0 saturated carbocycles. The molecule has 0 unspecified atom stereocenters. The van der Waals surface area contributed by atoms with Crippen LogP contribution in [0.2, 0.25) is 0 Å². The second-order valence-electron chi connectivity index (χ2n) is 3.45. The van der Waals surface area contributed by atoms with Gasteiger partial charge in [-0.05, 0) is 12.1 Å². The molecule has 75 valence electrons. The topological polar surface area (TPSA) is 38.7 Å². The van der Waals surface area contributed by atoms with Crippen molar-refractivity contribution < 1.29 is 0 Å². The molecule has 2 aromatic heterocycles. The first kappa shape index (κ1) is 8.97. The lowest BCUT2D eigenvalue weighted by atomic mass is 10.1. The van der Waals surface area contributed by atoms with Gasteiger partial charge >= 0.3 is 0 Å². The SMILES string of the molecule is [c]1cnc(-c2cnc3ccccc3c2)cn1. The van der Waals surface area contributed by atoms with E-state index in [4.69, 9.17) is 0 Å². The minimum Gasteiger partial charge on any atom is -0.256 e. The second-order valence-corrected chi connectivity index (χ2v) is 3.45. The van der Waals surface area contributed by atoms with Crippen LogP contribution < -0.4 is 0 Å². The Balaban J connectivity index is 2.19. The summed E-state index contributed by atoms with van der Waals surface area (Å²) in [5, 5.41) is 1.11. The summed E-state index contributed by atoms with van der Waals surface area (Å²) in [5.41, 5.74) is 2.78. The molecule has 0 saturated heterocycles. The largest absolute Gasteiger partial charge is 0.256 e. The summed E-state index contributed by atoms with van der Waals surface area (Å²) < 4.78 is 0. The summed E-state index contributed by atoms with van der Waals surface area (Å²) in [4.78, 5) is 12.5. The normalized spacial score (nSPS) is 10.5. The maximum atomic E-state index is 4.38. The summed E-state index contributed by atoms with van der Waals surface area (Å²) in [6, 6.07) is 10.1. The number of hydrogen-bond donors (Lipinski definition) is 0. The molecular weight excluding hydrogens is 198 g/mol. The van der Waals surface area contributed by atoms with E-state index in [0.29, 0.717) is 0 Å². The summed E-state index contributed by atoms with van der Waals surface area (Å²) in [7, 11) is 0. The van der Waals surface area contributed by atoms with Crippen molar-refractivity contribution in [2.45, 2.75) is 0 Å². The van der Waals surface area contributed by atoms with Crippen molar-refractivity contribution in [2.75, 3.05) is 0 Å². The first-order valence-electron chi connectivity index (χ1n) is 4.97. The lowest BCUT2D eigenvalue weighted by Gasteiger charge is -2.01. The third-order valence-electron chi connectivity index (χ3n) is 2.41. The molecule has 0 amide bonds. The van der Waals surface area contributed by atoms with Crippen molar-refractivity contribution in [2.24, 2.45) is 0 Å². The van der Waals surface area contributed by atoms with Gasteiger partial charge in [-0.3, -0.25) is 15.0 Å². The Morgan fingerprint density at radius 2 is 1.94 bits per heavy atom. The second kappa shape index (κ2) is 3.70. The van der Waals surface area contributed by atoms with Gasteiger partial charge in [-0.1, -0.05) is 18.2 Å². The molecule has 3 heteroatoms. The highest BCUT2D eigenvalue weighted by Crippen LogP contribution is 2.19. The Morgan fingerprint density at radius 1 is 1.00 bits per heavy atom. The zero-order valence-corrected chi connectivity index (χ0v) is 8.46. The number of hydrogen-bond acceptors (Lipinski definition) is 3. The van der Waals surface area contributed by atoms with E-state index >= 15 is 0 Å². The van der Waals surface area contributed by atoms with Crippen molar-refractivity contribution >= 4 is 10.9 Å². The van der Waals surface area contributed by atoms with Crippen LogP contribution in [0.5, 0.6) is 0 Å². The van der Waals surface area contributed by atoms with Gasteiger partial charge in [0.25, 0.3) is 0 Å². The minimum absolute atomic E-state index is 0.817. The van der Waals surface area contributed by atoms with Gasteiger partial charge in [0.15, 0.2) is 0 Å². The molecule has 0 N–H and O–H groups in total.